The number of methoxy groups -OCH3 is 1. The Hall–Kier alpha value is -1.96. The second-order valence-corrected chi connectivity index (χ2v) is 5.00. The first-order chi connectivity index (χ1) is 9.26. The van der Waals surface area contributed by atoms with E-state index in [1.807, 2.05) is 36.4 Å². The van der Waals surface area contributed by atoms with Crippen LogP contribution in [0, 0.1) is 11.3 Å². The lowest BCUT2D eigenvalue weighted by Crippen LogP contribution is -1.88. The summed E-state index contributed by atoms with van der Waals surface area (Å²) in [5, 5.41) is 18.2. The van der Waals surface area contributed by atoms with Gasteiger partial charge in [0.15, 0.2) is 0 Å². The average Bonchev–Trinajstić information content (AvgIpc) is 2.48. The lowest BCUT2D eigenvalue weighted by molar-refractivity contribution is 0.281. The Labute approximate surface area is 116 Å². The van der Waals surface area contributed by atoms with Crippen LogP contribution in [0.15, 0.2) is 52.3 Å². The average molecular weight is 271 g/mol. The molecule has 0 aromatic heterocycles. The van der Waals surface area contributed by atoms with Crippen molar-refractivity contribution in [2.45, 2.75) is 16.4 Å². The fourth-order valence-corrected chi connectivity index (χ4v) is 2.57. The number of aliphatic hydroxyl groups excluding tert-OH is 1. The van der Waals surface area contributed by atoms with Crippen LogP contribution in [-0.4, -0.2) is 12.2 Å². The van der Waals surface area contributed by atoms with Gasteiger partial charge in [0.1, 0.15) is 11.8 Å². The minimum atomic E-state index is -0.0568. The fraction of sp³-hybridized carbons (Fsp3) is 0.133. The maximum Gasteiger partial charge on any atom is 0.119 e. The summed E-state index contributed by atoms with van der Waals surface area (Å²) in [5.41, 5.74) is 1.31. The van der Waals surface area contributed by atoms with Crippen LogP contribution in [0.5, 0.6) is 5.75 Å². The van der Waals surface area contributed by atoms with E-state index in [4.69, 9.17) is 15.1 Å². The van der Waals surface area contributed by atoms with Gasteiger partial charge in [0.2, 0.25) is 0 Å². The highest BCUT2D eigenvalue weighted by atomic mass is 32.2. The van der Waals surface area contributed by atoms with Gasteiger partial charge in [-0.1, -0.05) is 23.9 Å². The topological polar surface area (TPSA) is 53.2 Å². The zero-order chi connectivity index (χ0) is 13.7. The highest BCUT2D eigenvalue weighted by Gasteiger charge is 2.06. The molecule has 0 amide bonds. The van der Waals surface area contributed by atoms with Crippen molar-refractivity contribution in [3.05, 3.63) is 53.6 Å². The molecule has 3 nitrogen and oxygen atoms in total. The third-order valence-electron chi connectivity index (χ3n) is 2.62. The minimum absolute atomic E-state index is 0.0568. The molecule has 1 N–H and O–H groups in total. The predicted octanol–water partition coefficient (Wildman–Crippen LogP) is 3.21. The first-order valence-corrected chi connectivity index (χ1v) is 6.54. The number of nitriles is 1. The molecule has 19 heavy (non-hydrogen) atoms. The third-order valence-corrected chi connectivity index (χ3v) is 3.68. The van der Waals surface area contributed by atoms with Gasteiger partial charge in [-0.05, 0) is 35.9 Å². The van der Waals surface area contributed by atoms with Gasteiger partial charge in [-0.3, -0.25) is 0 Å². The van der Waals surface area contributed by atoms with Gasteiger partial charge < -0.3 is 9.84 Å². The smallest absolute Gasteiger partial charge is 0.119 e. The Morgan fingerprint density at radius 2 is 2.11 bits per heavy atom. The van der Waals surface area contributed by atoms with Gasteiger partial charge >= 0.3 is 0 Å². The standard InChI is InChI=1S/C15H13NO2S/c1-18-13-3-2-4-14(8-13)19-15-6-5-11(10-17)7-12(15)9-16/h2-8,17H,10H2,1H3. The van der Waals surface area contributed by atoms with E-state index in [2.05, 4.69) is 6.07 Å². The van der Waals surface area contributed by atoms with Gasteiger partial charge in [0, 0.05) is 9.79 Å². The van der Waals surface area contributed by atoms with Crippen LogP contribution in [0.25, 0.3) is 0 Å². The van der Waals surface area contributed by atoms with Crippen molar-refractivity contribution in [1.82, 2.24) is 0 Å². The van der Waals surface area contributed by atoms with Crippen molar-refractivity contribution >= 4 is 11.8 Å². The molecule has 96 valence electrons. The summed E-state index contributed by atoms with van der Waals surface area (Å²) >= 11 is 1.50. The fourth-order valence-electron chi connectivity index (χ4n) is 1.64. The highest BCUT2D eigenvalue weighted by molar-refractivity contribution is 7.99. The summed E-state index contributed by atoms with van der Waals surface area (Å²) in [4.78, 5) is 1.88. The van der Waals surface area contributed by atoms with Crippen LogP contribution in [0.1, 0.15) is 11.1 Å². The molecule has 0 saturated carbocycles. The summed E-state index contributed by atoms with van der Waals surface area (Å²) in [5.74, 6) is 0.787. The molecule has 0 unspecified atom stereocenters. The predicted molar refractivity (Wildman–Crippen MR) is 74.2 cm³/mol. The van der Waals surface area contributed by atoms with Crippen LogP contribution in [-0.2, 0) is 6.61 Å². The van der Waals surface area contributed by atoms with Crippen LogP contribution >= 0.6 is 11.8 Å². The zero-order valence-electron chi connectivity index (χ0n) is 10.5. The normalized spacial score (nSPS) is 9.95. The molecule has 0 fully saturated rings. The number of rotatable bonds is 4. The molecule has 0 aliphatic rings. The number of hydrogen-bond acceptors (Lipinski definition) is 4. The second kappa shape index (κ2) is 6.28. The molecule has 0 bridgehead atoms. The largest absolute Gasteiger partial charge is 0.497 e. The Kier molecular flexibility index (Phi) is 4.45. The summed E-state index contributed by atoms with van der Waals surface area (Å²) in [6, 6.07) is 15.2. The Bertz CT molecular complexity index is 620. The molecule has 0 spiro atoms. The van der Waals surface area contributed by atoms with Crippen molar-refractivity contribution in [2.75, 3.05) is 7.11 Å². The Morgan fingerprint density at radius 1 is 1.26 bits per heavy atom. The molecule has 2 aromatic rings. The number of hydrogen-bond donors (Lipinski definition) is 1. The lowest BCUT2D eigenvalue weighted by Gasteiger charge is -2.07. The monoisotopic (exact) mass is 271 g/mol. The van der Waals surface area contributed by atoms with Gasteiger partial charge in [-0.2, -0.15) is 5.26 Å². The maximum atomic E-state index is 9.15. The molecule has 0 saturated heterocycles. The van der Waals surface area contributed by atoms with Crippen molar-refractivity contribution in [1.29, 1.82) is 5.26 Å². The first-order valence-electron chi connectivity index (χ1n) is 5.72. The van der Waals surface area contributed by atoms with E-state index in [-0.39, 0.29) is 6.61 Å². The van der Waals surface area contributed by atoms with Gasteiger partial charge in [-0.25, -0.2) is 0 Å². The number of benzene rings is 2. The quantitative estimate of drug-likeness (QED) is 0.927. The SMILES string of the molecule is COc1cccc(Sc2ccc(CO)cc2C#N)c1. The van der Waals surface area contributed by atoms with E-state index in [1.165, 1.54) is 11.8 Å². The molecule has 2 aromatic carbocycles. The number of ether oxygens (including phenoxy) is 1. The van der Waals surface area contributed by atoms with Crippen molar-refractivity contribution in [3.8, 4) is 11.8 Å². The van der Waals surface area contributed by atoms with E-state index in [9.17, 15) is 0 Å². The van der Waals surface area contributed by atoms with E-state index in [0.29, 0.717) is 5.56 Å². The van der Waals surface area contributed by atoms with Crippen LogP contribution in [0.4, 0.5) is 0 Å². The number of nitrogens with zero attached hydrogens (tertiary/aromatic N) is 1. The Balaban J connectivity index is 2.30. The summed E-state index contributed by atoms with van der Waals surface area (Å²) in [6.45, 7) is -0.0568. The van der Waals surface area contributed by atoms with Gasteiger partial charge in [0.05, 0.1) is 19.3 Å². The van der Waals surface area contributed by atoms with Crippen molar-refractivity contribution in [2.24, 2.45) is 0 Å². The summed E-state index contributed by atoms with van der Waals surface area (Å²) in [7, 11) is 1.63. The maximum absolute atomic E-state index is 9.15. The Morgan fingerprint density at radius 3 is 2.79 bits per heavy atom. The molecule has 0 aliphatic carbocycles. The molecular formula is C15H13NO2S. The van der Waals surface area contributed by atoms with Gasteiger partial charge in [0.25, 0.3) is 0 Å². The van der Waals surface area contributed by atoms with Gasteiger partial charge in [-0.15, -0.1) is 0 Å². The minimum Gasteiger partial charge on any atom is -0.497 e. The molecule has 0 aliphatic heterocycles. The van der Waals surface area contributed by atoms with Crippen LogP contribution in [0.2, 0.25) is 0 Å². The number of aliphatic hydroxyl groups is 1. The summed E-state index contributed by atoms with van der Waals surface area (Å²) in [6.07, 6.45) is 0. The van der Waals surface area contributed by atoms with E-state index >= 15 is 0 Å². The van der Waals surface area contributed by atoms with Crippen molar-refractivity contribution in [3.63, 3.8) is 0 Å². The molecule has 4 heteroatoms. The molecule has 0 radical (unpaired) electrons. The second-order valence-electron chi connectivity index (χ2n) is 3.88. The third kappa shape index (κ3) is 3.28. The molecule has 2 rings (SSSR count). The molecular weight excluding hydrogens is 258 g/mol. The van der Waals surface area contributed by atoms with E-state index in [0.717, 1.165) is 21.1 Å². The molecule has 0 atom stereocenters. The lowest BCUT2D eigenvalue weighted by atomic mass is 10.1. The van der Waals surface area contributed by atoms with Crippen molar-refractivity contribution < 1.29 is 9.84 Å². The van der Waals surface area contributed by atoms with E-state index in [1.54, 1.807) is 13.2 Å². The summed E-state index contributed by atoms with van der Waals surface area (Å²) < 4.78 is 5.17. The molecule has 0 heterocycles. The first kappa shape index (κ1) is 13.5. The van der Waals surface area contributed by atoms with Crippen LogP contribution < -0.4 is 4.74 Å². The van der Waals surface area contributed by atoms with E-state index < -0.39 is 0 Å². The van der Waals surface area contributed by atoms with Crippen LogP contribution in [0.3, 0.4) is 0 Å². The highest BCUT2D eigenvalue weighted by Crippen LogP contribution is 2.32. The zero-order valence-corrected chi connectivity index (χ0v) is 11.3.